The third-order valence-corrected chi connectivity index (χ3v) is 7.72. The molecule has 2 aromatic carbocycles. The van der Waals surface area contributed by atoms with Crippen LogP contribution in [0.5, 0.6) is 11.6 Å². The van der Waals surface area contributed by atoms with E-state index in [0.717, 1.165) is 73.4 Å². The van der Waals surface area contributed by atoms with Gasteiger partial charge in [0.25, 0.3) is 0 Å². The summed E-state index contributed by atoms with van der Waals surface area (Å²) in [5.74, 6) is 3.09. The minimum absolute atomic E-state index is 0.709. The van der Waals surface area contributed by atoms with Crippen molar-refractivity contribution in [2.24, 2.45) is 5.92 Å². The summed E-state index contributed by atoms with van der Waals surface area (Å²) in [5, 5.41) is 3.50. The second kappa shape index (κ2) is 8.43. The largest absolute Gasteiger partial charge is 0.438 e. The molecule has 164 valence electrons. The summed E-state index contributed by atoms with van der Waals surface area (Å²) in [4.78, 5) is 14.8. The highest BCUT2D eigenvalue weighted by Gasteiger charge is 2.25. The summed E-state index contributed by atoms with van der Waals surface area (Å²) >= 11 is 1.83. The normalized spacial score (nSPS) is 19.3. The van der Waals surface area contributed by atoms with Crippen molar-refractivity contribution in [3.05, 3.63) is 58.7 Å². The second-order valence-corrected chi connectivity index (χ2v) is 10.1. The zero-order valence-corrected chi connectivity index (χ0v) is 19.2. The van der Waals surface area contributed by atoms with Crippen LogP contribution >= 0.6 is 11.3 Å². The van der Waals surface area contributed by atoms with E-state index >= 15 is 0 Å². The molecule has 0 saturated carbocycles. The van der Waals surface area contributed by atoms with Gasteiger partial charge in [-0.1, -0.05) is 37.3 Å². The van der Waals surface area contributed by atoms with Gasteiger partial charge in [0.1, 0.15) is 16.4 Å². The SMILES string of the molecule is C[C@H]1CCc2c(sc3nc(CN4CCOCC4)nc(Oc4ccc5ccccc5c4)c23)C1. The zero-order chi connectivity index (χ0) is 21.5. The minimum atomic E-state index is 0.709. The molecular formula is C26H27N3O2S. The van der Waals surface area contributed by atoms with Gasteiger partial charge < -0.3 is 9.47 Å². The second-order valence-electron chi connectivity index (χ2n) is 8.98. The third kappa shape index (κ3) is 3.87. The number of ether oxygens (including phenoxy) is 2. The molecule has 1 atom stereocenters. The van der Waals surface area contributed by atoms with E-state index < -0.39 is 0 Å². The molecule has 1 aliphatic heterocycles. The fourth-order valence-corrected chi connectivity index (χ4v) is 6.19. The van der Waals surface area contributed by atoms with Crippen LogP contribution < -0.4 is 4.74 Å². The van der Waals surface area contributed by atoms with Gasteiger partial charge in [-0.3, -0.25) is 4.90 Å². The van der Waals surface area contributed by atoms with Crippen LogP contribution in [-0.4, -0.2) is 41.2 Å². The molecule has 0 N–H and O–H groups in total. The summed E-state index contributed by atoms with van der Waals surface area (Å²) < 4.78 is 12.0. The average molecular weight is 446 g/mol. The predicted molar refractivity (Wildman–Crippen MR) is 129 cm³/mol. The van der Waals surface area contributed by atoms with Crippen molar-refractivity contribution in [2.45, 2.75) is 32.7 Å². The molecule has 6 heteroatoms. The van der Waals surface area contributed by atoms with Gasteiger partial charge in [-0.05, 0) is 53.6 Å². The molecule has 0 unspecified atom stereocenters. The number of nitrogens with zero attached hydrogens (tertiary/aromatic N) is 3. The lowest BCUT2D eigenvalue weighted by Gasteiger charge is -2.25. The number of fused-ring (bicyclic) bond motifs is 4. The number of rotatable bonds is 4. The quantitative estimate of drug-likeness (QED) is 0.410. The van der Waals surface area contributed by atoms with Crippen LogP contribution in [0.15, 0.2) is 42.5 Å². The highest BCUT2D eigenvalue weighted by Crippen LogP contribution is 2.42. The Kier molecular flexibility index (Phi) is 5.29. The van der Waals surface area contributed by atoms with E-state index in [4.69, 9.17) is 19.4 Å². The topological polar surface area (TPSA) is 47.5 Å². The molecule has 5 nitrogen and oxygen atoms in total. The maximum atomic E-state index is 6.49. The molecule has 0 radical (unpaired) electrons. The number of aryl methyl sites for hydroxylation is 1. The van der Waals surface area contributed by atoms with E-state index in [9.17, 15) is 0 Å². The molecule has 1 aliphatic carbocycles. The minimum Gasteiger partial charge on any atom is -0.438 e. The summed E-state index contributed by atoms with van der Waals surface area (Å²) in [6.07, 6.45) is 3.42. The Morgan fingerprint density at radius 3 is 2.81 bits per heavy atom. The lowest BCUT2D eigenvalue weighted by Crippen LogP contribution is -2.36. The average Bonchev–Trinajstić information content (AvgIpc) is 3.17. The van der Waals surface area contributed by atoms with Crippen LogP contribution in [0.25, 0.3) is 21.0 Å². The van der Waals surface area contributed by atoms with Crippen LogP contribution in [0.4, 0.5) is 0 Å². The Morgan fingerprint density at radius 2 is 1.94 bits per heavy atom. The molecule has 32 heavy (non-hydrogen) atoms. The maximum Gasteiger partial charge on any atom is 0.231 e. The van der Waals surface area contributed by atoms with E-state index in [0.29, 0.717) is 5.88 Å². The van der Waals surface area contributed by atoms with Gasteiger partial charge in [0, 0.05) is 18.0 Å². The highest BCUT2D eigenvalue weighted by atomic mass is 32.1. The van der Waals surface area contributed by atoms with Gasteiger partial charge in [0.2, 0.25) is 5.88 Å². The van der Waals surface area contributed by atoms with Crippen molar-refractivity contribution >= 4 is 32.3 Å². The first-order chi connectivity index (χ1) is 15.7. The van der Waals surface area contributed by atoms with Crippen molar-refractivity contribution in [3.8, 4) is 11.6 Å². The standard InChI is InChI=1S/C26H27N3O2S/c1-17-6-9-21-22(14-17)32-26-24(21)25(27-23(28-26)16-29-10-12-30-13-11-29)31-20-8-7-18-4-2-3-5-19(18)15-20/h2-5,7-8,15,17H,6,9-14,16H2,1H3/t17-/m0/s1. The Hall–Kier alpha value is -2.54. The predicted octanol–water partition coefficient (Wildman–Crippen LogP) is 5.59. The Labute approximate surface area is 192 Å². The molecule has 6 rings (SSSR count). The van der Waals surface area contributed by atoms with Gasteiger partial charge in [-0.15, -0.1) is 11.3 Å². The molecule has 4 aromatic rings. The van der Waals surface area contributed by atoms with Gasteiger partial charge in [-0.2, -0.15) is 4.98 Å². The number of hydrogen-bond donors (Lipinski definition) is 0. The lowest BCUT2D eigenvalue weighted by molar-refractivity contribution is 0.0330. The number of hydrogen-bond acceptors (Lipinski definition) is 6. The van der Waals surface area contributed by atoms with Crippen molar-refractivity contribution < 1.29 is 9.47 Å². The van der Waals surface area contributed by atoms with E-state index in [1.807, 2.05) is 17.4 Å². The Bertz CT molecular complexity index is 1280. The van der Waals surface area contributed by atoms with Crippen LogP contribution in [0.3, 0.4) is 0 Å². The lowest BCUT2D eigenvalue weighted by atomic mass is 9.89. The molecule has 0 bridgehead atoms. The van der Waals surface area contributed by atoms with Gasteiger partial charge in [-0.25, -0.2) is 4.98 Å². The van der Waals surface area contributed by atoms with E-state index in [2.05, 4.69) is 48.2 Å². The fraction of sp³-hybridized carbons (Fsp3) is 0.385. The summed E-state index contributed by atoms with van der Waals surface area (Å²) in [7, 11) is 0. The van der Waals surface area contributed by atoms with E-state index in [1.54, 1.807) is 0 Å². The summed E-state index contributed by atoms with van der Waals surface area (Å²) in [5.41, 5.74) is 1.40. The van der Waals surface area contributed by atoms with Crippen LogP contribution in [-0.2, 0) is 24.1 Å². The molecule has 1 saturated heterocycles. The third-order valence-electron chi connectivity index (χ3n) is 6.57. The van der Waals surface area contributed by atoms with Gasteiger partial charge in [0.15, 0.2) is 0 Å². The Balaban J connectivity index is 1.42. The monoisotopic (exact) mass is 445 g/mol. The molecular weight excluding hydrogens is 418 g/mol. The smallest absolute Gasteiger partial charge is 0.231 e. The first-order valence-electron chi connectivity index (χ1n) is 11.5. The van der Waals surface area contributed by atoms with Crippen molar-refractivity contribution in [1.82, 2.24) is 14.9 Å². The molecule has 1 fully saturated rings. The molecule has 2 aromatic heterocycles. The molecule has 0 amide bonds. The summed E-state index contributed by atoms with van der Waals surface area (Å²) in [6, 6.07) is 14.6. The number of thiophene rings is 1. The zero-order valence-electron chi connectivity index (χ0n) is 18.3. The Morgan fingerprint density at radius 1 is 1.09 bits per heavy atom. The van der Waals surface area contributed by atoms with Crippen molar-refractivity contribution in [1.29, 1.82) is 0 Å². The maximum absolute atomic E-state index is 6.49. The van der Waals surface area contributed by atoms with Crippen molar-refractivity contribution in [3.63, 3.8) is 0 Å². The van der Waals surface area contributed by atoms with Crippen LogP contribution in [0, 0.1) is 5.92 Å². The number of morpholine rings is 1. The first kappa shape index (κ1) is 20.1. The van der Waals surface area contributed by atoms with Crippen molar-refractivity contribution in [2.75, 3.05) is 26.3 Å². The molecule has 2 aliphatic rings. The number of benzene rings is 2. The van der Waals surface area contributed by atoms with E-state index in [1.165, 1.54) is 27.6 Å². The van der Waals surface area contributed by atoms with E-state index in [-0.39, 0.29) is 0 Å². The fourth-order valence-electron chi connectivity index (χ4n) is 4.80. The number of aromatic nitrogens is 2. The first-order valence-corrected chi connectivity index (χ1v) is 12.3. The summed E-state index contributed by atoms with van der Waals surface area (Å²) in [6.45, 7) is 6.45. The highest BCUT2D eigenvalue weighted by molar-refractivity contribution is 7.18. The molecule has 3 heterocycles. The van der Waals surface area contributed by atoms with Gasteiger partial charge in [0.05, 0.1) is 25.1 Å². The van der Waals surface area contributed by atoms with Gasteiger partial charge >= 0.3 is 0 Å². The van der Waals surface area contributed by atoms with Crippen LogP contribution in [0.1, 0.15) is 29.6 Å². The molecule has 0 spiro atoms. The van der Waals surface area contributed by atoms with Crippen LogP contribution in [0.2, 0.25) is 0 Å².